The van der Waals surface area contributed by atoms with Crippen LogP contribution in [0.3, 0.4) is 0 Å². The van der Waals surface area contributed by atoms with Crippen molar-refractivity contribution in [2.24, 2.45) is 0 Å². The van der Waals surface area contributed by atoms with Gasteiger partial charge < -0.3 is 9.84 Å². The van der Waals surface area contributed by atoms with Gasteiger partial charge in [-0.1, -0.05) is 30.3 Å². The Morgan fingerprint density at radius 3 is 1.92 bits per heavy atom. The summed E-state index contributed by atoms with van der Waals surface area (Å²) in [6.07, 6.45) is 0. The molecule has 0 atom stereocenters. The summed E-state index contributed by atoms with van der Waals surface area (Å²) in [7, 11) is 1.48. The van der Waals surface area contributed by atoms with Crippen LogP contribution in [-0.2, 0) is 19.7 Å². The maximum absolute atomic E-state index is 13.8. The zero-order chi connectivity index (χ0) is 17.6. The van der Waals surface area contributed by atoms with E-state index in [2.05, 4.69) is 21.9 Å². The molecule has 1 heterocycles. The number of hydrogen-bond donors (Lipinski definition) is 1. The van der Waals surface area contributed by atoms with Crippen LogP contribution in [0.1, 0.15) is 16.7 Å². The third-order valence-electron chi connectivity index (χ3n) is 4.70. The highest BCUT2D eigenvalue weighted by atomic mass is 19.1. The highest BCUT2D eigenvalue weighted by Gasteiger charge is 2.17. The number of piperazine rings is 1. The SMILES string of the molecule is COc1ccc(CN2CCN(Cc3ccc(CO)cc3)CC2)cc1F. The van der Waals surface area contributed by atoms with Gasteiger partial charge in [0.25, 0.3) is 0 Å². The number of benzene rings is 2. The number of nitrogens with zero attached hydrogens (tertiary/aromatic N) is 2. The van der Waals surface area contributed by atoms with Crippen LogP contribution < -0.4 is 4.74 Å². The Morgan fingerprint density at radius 1 is 0.880 bits per heavy atom. The lowest BCUT2D eigenvalue weighted by Crippen LogP contribution is -2.45. The summed E-state index contributed by atoms with van der Waals surface area (Å²) < 4.78 is 18.8. The van der Waals surface area contributed by atoms with E-state index in [1.807, 2.05) is 18.2 Å². The zero-order valence-electron chi connectivity index (χ0n) is 14.6. The summed E-state index contributed by atoms with van der Waals surface area (Å²) >= 11 is 0. The van der Waals surface area contributed by atoms with Crippen molar-refractivity contribution in [1.82, 2.24) is 9.80 Å². The number of ether oxygens (including phenoxy) is 1. The molecule has 1 N–H and O–H groups in total. The molecule has 2 aromatic rings. The number of hydrogen-bond acceptors (Lipinski definition) is 4. The van der Waals surface area contributed by atoms with Crippen LogP contribution in [0.5, 0.6) is 5.75 Å². The van der Waals surface area contributed by atoms with Gasteiger partial charge in [-0.15, -0.1) is 0 Å². The first kappa shape index (κ1) is 17.9. The fourth-order valence-corrected chi connectivity index (χ4v) is 3.18. The average Bonchev–Trinajstić information content (AvgIpc) is 2.64. The van der Waals surface area contributed by atoms with E-state index in [1.54, 1.807) is 12.1 Å². The maximum atomic E-state index is 13.8. The molecule has 134 valence electrons. The Kier molecular flexibility index (Phi) is 6.02. The second-order valence-corrected chi connectivity index (χ2v) is 6.50. The van der Waals surface area contributed by atoms with Gasteiger partial charge in [-0.25, -0.2) is 4.39 Å². The minimum atomic E-state index is -0.301. The van der Waals surface area contributed by atoms with Gasteiger partial charge in [-0.3, -0.25) is 9.80 Å². The first-order chi connectivity index (χ1) is 12.2. The number of methoxy groups -OCH3 is 1. The smallest absolute Gasteiger partial charge is 0.165 e. The molecular formula is C20H25FN2O2. The molecule has 4 nitrogen and oxygen atoms in total. The van der Waals surface area contributed by atoms with Crippen LogP contribution in [0.25, 0.3) is 0 Å². The molecule has 1 saturated heterocycles. The van der Waals surface area contributed by atoms with Crippen LogP contribution in [0.4, 0.5) is 4.39 Å². The lowest BCUT2D eigenvalue weighted by atomic mass is 10.1. The van der Waals surface area contributed by atoms with Crippen molar-refractivity contribution in [1.29, 1.82) is 0 Å². The van der Waals surface area contributed by atoms with E-state index in [0.29, 0.717) is 5.75 Å². The summed E-state index contributed by atoms with van der Waals surface area (Å²) in [4.78, 5) is 4.78. The molecule has 0 unspecified atom stereocenters. The van der Waals surface area contributed by atoms with Crippen molar-refractivity contribution >= 4 is 0 Å². The number of aliphatic hydroxyl groups is 1. The molecule has 0 radical (unpaired) electrons. The largest absolute Gasteiger partial charge is 0.494 e. The average molecular weight is 344 g/mol. The maximum Gasteiger partial charge on any atom is 0.165 e. The minimum Gasteiger partial charge on any atom is -0.494 e. The van der Waals surface area contributed by atoms with Gasteiger partial charge in [-0.2, -0.15) is 0 Å². The van der Waals surface area contributed by atoms with Gasteiger partial charge in [0.05, 0.1) is 13.7 Å². The van der Waals surface area contributed by atoms with Gasteiger partial charge in [0.15, 0.2) is 11.6 Å². The summed E-state index contributed by atoms with van der Waals surface area (Å²) in [5, 5.41) is 9.10. The standard InChI is InChI=1S/C20H25FN2O2/c1-25-20-7-6-18(12-19(20)21)14-23-10-8-22(9-11-23)13-16-2-4-17(15-24)5-3-16/h2-7,12,24H,8-11,13-15H2,1H3. The second kappa shape index (κ2) is 8.43. The quantitative estimate of drug-likeness (QED) is 0.874. The van der Waals surface area contributed by atoms with Crippen LogP contribution in [0, 0.1) is 5.82 Å². The van der Waals surface area contributed by atoms with Gasteiger partial charge in [0.1, 0.15) is 0 Å². The topological polar surface area (TPSA) is 35.9 Å². The highest BCUT2D eigenvalue weighted by molar-refractivity contribution is 5.29. The predicted octanol–water partition coefficient (Wildman–Crippen LogP) is 2.64. The van der Waals surface area contributed by atoms with Crippen molar-refractivity contribution in [2.75, 3.05) is 33.3 Å². The Hall–Kier alpha value is -1.95. The molecule has 0 aliphatic carbocycles. The van der Waals surface area contributed by atoms with Crippen molar-refractivity contribution in [3.8, 4) is 5.75 Å². The third kappa shape index (κ3) is 4.78. The molecule has 25 heavy (non-hydrogen) atoms. The van der Waals surface area contributed by atoms with E-state index >= 15 is 0 Å². The predicted molar refractivity (Wildman–Crippen MR) is 95.9 cm³/mol. The molecule has 3 rings (SSSR count). The minimum absolute atomic E-state index is 0.0882. The molecule has 0 saturated carbocycles. The Balaban J connectivity index is 1.48. The van der Waals surface area contributed by atoms with Crippen LogP contribution in [-0.4, -0.2) is 48.2 Å². The first-order valence-electron chi connectivity index (χ1n) is 8.64. The van der Waals surface area contributed by atoms with E-state index in [9.17, 15) is 4.39 Å². The Morgan fingerprint density at radius 2 is 1.40 bits per heavy atom. The summed E-state index contributed by atoms with van der Waals surface area (Å²) in [5.41, 5.74) is 3.19. The molecule has 1 aliphatic rings. The van der Waals surface area contributed by atoms with E-state index < -0.39 is 0 Å². The monoisotopic (exact) mass is 344 g/mol. The van der Waals surface area contributed by atoms with Crippen molar-refractivity contribution in [3.05, 3.63) is 65.0 Å². The molecule has 0 spiro atoms. The molecule has 0 aromatic heterocycles. The molecule has 0 bridgehead atoms. The number of rotatable bonds is 6. The number of aliphatic hydroxyl groups excluding tert-OH is 1. The summed E-state index contributed by atoms with van der Waals surface area (Å²) in [5.74, 6) is -0.00857. The lowest BCUT2D eigenvalue weighted by Gasteiger charge is -2.34. The fourth-order valence-electron chi connectivity index (χ4n) is 3.18. The molecule has 1 aliphatic heterocycles. The normalized spacial score (nSPS) is 16.1. The highest BCUT2D eigenvalue weighted by Crippen LogP contribution is 2.19. The third-order valence-corrected chi connectivity index (χ3v) is 4.70. The van der Waals surface area contributed by atoms with Gasteiger partial charge in [0, 0.05) is 39.3 Å². The summed E-state index contributed by atoms with van der Waals surface area (Å²) in [6, 6.07) is 13.3. The molecule has 1 fully saturated rings. The molecule has 2 aromatic carbocycles. The lowest BCUT2D eigenvalue weighted by molar-refractivity contribution is 0.122. The van der Waals surface area contributed by atoms with Gasteiger partial charge in [-0.05, 0) is 28.8 Å². The fraction of sp³-hybridized carbons (Fsp3) is 0.400. The second-order valence-electron chi connectivity index (χ2n) is 6.50. The van der Waals surface area contributed by atoms with Crippen molar-refractivity contribution in [2.45, 2.75) is 19.7 Å². The van der Waals surface area contributed by atoms with E-state index in [0.717, 1.165) is 50.4 Å². The van der Waals surface area contributed by atoms with Crippen LogP contribution >= 0.6 is 0 Å². The zero-order valence-corrected chi connectivity index (χ0v) is 14.6. The van der Waals surface area contributed by atoms with Crippen LogP contribution in [0.2, 0.25) is 0 Å². The van der Waals surface area contributed by atoms with Crippen molar-refractivity contribution in [3.63, 3.8) is 0 Å². The van der Waals surface area contributed by atoms with E-state index in [-0.39, 0.29) is 12.4 Å². The molecular weight excluding hydrogens is 319 g/mol. The van der Waals surface area contributed by atoms with Gasteiger partial charge in [0.2, 0.25) is 0 Å². The molecule has 5 heteroatoms. The summed E-state index contributed by atoms with van der Waals surface area (Å²) in [6.45, 7) is 5.73. The first-order valence-corrected chi connectivity index (χ1v) is 8.64. The molecule has 0 amide bonds. The van der Waals surface area contributed by atoms with E-state index in [4.69, 9.17) is 9.84 Å². The Bertz CT molecular complexity index is 683. The van der Waals surface area contributed by atoms with Crippen LogP contribution in [0.15, 0.2) is 42.5 Å². The van der Waals surface area contributed by atoms with Gasteiger partial charge >= 0.3 is 0 Å². The Labute approximate surface area is 148 Å². The number of halogens is 1. The van der Waals surface area contributed by atoms with E-state index in [1.165, 1.54) is 12.7 Å². The van der Waals surface area contributed by atoms with Crippen molar-refractivity contribution < 1.29 is 14.2 Å².